The molecule has 0 radical (unpaired) electrons. The quantitative estimate of drug-likeness (QED) is 0.511. The van der Waals surface area contributed by atoms with Crippen molar-refractivity contribution >= 4 is 52.1 Å². The van der Waals surface area contributed by atoms with Crippen LogP contribution in [0.2, 0.25) is 15.2 Å². The molecule has 0 spiro atoms. The number of halogens is 3. The van der Waals surface area contributed by atoms with Crippen LogP contribution in [0.25, 0.3) is 0 Å². The van der Waals surface area contributed by atoms with Crippen LogP contribution in [-0.2, 0) is 0 Å². The summed E-state index contributed by atoms with van der Waals surface area (Å²) in [7, 11) is 0. The first-order chi connectivity index (χ1) is 8.38. The molecule has 0 atom stereocenters. The first-order valence-corrected chi connectivity index (χ1v) is 6.15. The van der Waals surface area contributed by atoms with E-state index in [0.29, 0.717) is 6.42 Å². The number of rotatable bonds is 3. The number of amides is 1. The Labute approximate surface area is 119 Å². The minimum atomic E-state index is -0.599. The third-order valence-corrected chi connectivity index (χ3v) is 3.28. The number of aromatic nitrogens is 1. The van der Waals surface area contributed by atoms with Crippen molar-refractivity contribution in [3.05, 3.63) is 20.9 Å². The van der Waals surface area contributed by atoms with E-state index in [1.165, 1.54) is 0 Å². The Bertz CT molecular complexity index is 516. The van der Waals surface area contributed by atoms with Crippen LogP contribution >= 0.6 is 34.8 Å². The van der Waals surface area contributed by atoms with E-state index >= 15 is 0 Å². The molecule has 0 aromatic carbocycles. The third-order valence-electron chi connectivity index (χ3n) is 2.15. The molecule has 1 aromatic rings. The van der Waals surface area contributed by atoms with Crippen molar-refractivity contribution in [3.63, 3.8) is 0 Å². The Morgan fingerprint density at radius 3 is 2.56 bits per heavy atom. The first kappa shape index (κ1) is 15.0. The highest BCUT2D eigenvalue weighted by molar-refractivity contribution is 6.46. The molecule has 1 rings (SSSR count). The largest absolute Gasteiger partial charge is 0.396 e. The third kappa shape index (κ3) is 3.25. The van der Waals surface area contributed by atoms with Crippen LogP contribution in [0.15, 0.2) is 5.10 Å². The van der Waals surface area contributed by atoms with Gasteiger partial charge < -0.3 is 5.73 Å². The van der Waals surface area contributed by atoms with Crippen molar-refractivity contribution in [2.75, 3.05) is 5.73 Å². The SMILES string of the molecule is CC/C(C)=N/NC(=O)c1nc(Cl)c(Cl)c(N)c1Cl. The summed E-state index contributed by atoms with van der Waals surface area (Å²) in [5.41, 5.74) is 8.56. The van der Waals surface area contributed by atoms with Crippen molar-refractivity contribution in [1.82, 2.24) is 10.4 Å². The van der Waals surface area contributed by atoms with Crippen LogP contribution < -0.4 is 11.2 Å². The number of hydrazone groups is 1. The summed E-state index contributed by atoms with van der Waals surface area (Å²) in [5, 5.41) is 3.73. The Morgan fingerprint density at radius 2 is 2.00 bits per heavy atom. The molecule has 18 heavy (non-hydrogen) atoms. The molecule has 98 valence electrons. The number of anilines is 1. The van der Waals surface area contributed by atoms with Gasteiger partial charge >= 0.3 is 0 Å². The van der Waals surface area contributed by atoms with Gasteiger partial charge in [-0.05, 0) is 13.3 Å². The fourth-order valence-corrected chi connectivity index (χ4v) is 1.55. The fraction of sp³-hybridized carbons (Fsp3) is 0.300. The Morgan fingerprint density at radius 1 is 1.39 bits per heavy atom. The zero-order valence-electron chi connectivity index (χ0n) is 9.72. The molecule has 0 fully saturated rings. The number of nitrogens with two attached hydrogens (primary N) is 1. The summed E-state index contributed by atoms with van der Waals surface area (Å²) in [6, 6.07) is 0. The standard InChI is InChI=1S/C10H11Cl3N4O/c1-3-4(2)16-17-10(18)8-5(11)7(14)6(12)9(13)15-8/h3H2,1-2H3,(H2,14,15)(H,17,18)/b16-4+. The van der Waals surface area contributed by atoms with Crippen molar-refractivity contribution in [2.45, 2.75) is 20.3 Å². The van der Waals surface area contributed by atoms with Gasteiger partial charge in [0, 0.05) is 5.71 Å². The van der Waals surface area contributed by atoms with Crippen LogP contribution in [0.5, 0.6) is 0 Å². The zero-order valence-corrected chi connectivity index (χ0v) is 12.0. The van der Waals surface area contributed by atoms with Gasteiger partial charge in [0.05, 0.1) is 10.7 Å². The van der Waals surface area contributed by atoms with E-state index in [1.807, 2.05) is 6.92 Å². The van der Waals surface area contributed by atoms with E-state index < -0.39 is 5.91 Å². The van der Waals surface area contributed by atoms with Crippen molar-refractivity contribution < 1.29 is 4.79 Å². The maximum atomic E-state index is 11.8. The van der Waals surface area contributed by atoms with Crippen LogP contribution in [0.1, 0.15) is 30.8 Å². The minimum Gasteiger partial charge on any atom is -0.396 e. The average molecular weight is 310 g/mol. The van der Waals surface area contributed by atoms with E-state index in [0.717, 1.165) is 5.71 Å². The molecule has 3 N–H and O–H groups in total. The molecule has 0 saturated heterocycles. The molecule has 1 aromatic heterocycles. The highest BCUT2D eigenvalue weighted by Crippen LogP contribution is 2.34. The second kappa shape index (κ2) is 6.22. The Kier molecular flexibility index (Phi) is 5.19. The topological polar surface area (TPSA) is 80.4 Å². The lowest BCUT2D eigenvalue weighted by molar-refractivity contribution is 0.0950. The van der Waals surface area contributed by atoms with Gasteiger partial charge in [-0.25, -0.2) is 10.4 Å². The molecule has 0 aliphatic carbocycles. The molecule has 1 heterocycles. The lowest BCUT2D eigenvalue weighted by Gasteiger charge is -2.08. The molecule has 8 heteroatoms. The fourth-order valence-electron chi connectivity index (χ4n) is 0.960. The number of nitrogens with zero attached hydrogens (tertiary/aromatic N) is 2. The van der Waals surface area contributed by atoms with Gasteiger partial charge in [0.15, 0.2) is 10.8 Å². The molecular formula is C10H11Cl3N4O. The number of hydrogen-bond donors (Lipinski definition) is 2. The number of nitrogen functional groups attached to an aromatic ring is 1. The number of nitrogens with one attached hydrogen (secondary N) is 1. The van der Waals surface area contributed by atoms with Crippen LogP contribution in [-0.4, -0.2) is 16.6 Å². The summed E-state index contributed by atoms with van der Waals surface area (Å²) in [4.78, 5) is 15.6. The zero-order chi connectivity index (χ0) is 13.9. The second-order valence-corrected chi connectivity index (χ2v) is 4.55. The van der Waals surface area contributed by atoms with Gasteiger partial charge in [-0.3, -0.25) is 4.79 Å². The monoisotopic (exact) mass is 308 g/mol. The molecule has 0 saturated carbocycles. The summed E-state index contributed by atoms with van der Waals surface area (Å²) >= 11 is 17.3. The predicted molar refractivity (Wildman–Crippen MR) is 74.5 cm³/mol. The van der Waals surface area contributed by atoms with Crippen LogP contribution in [0.4, 0.5) is 5.69 Å². The molecule has 0 bridgehead atoms. The molecule has 0 aliphatic rings. The number of pyridine rings is 1. The van der Waals surface area contributed by atoms with E-state index in [9.17, 15) is 4.79 Å². The summed E-state index contributed by atoms with van der Waals surface area (Å²) in [6.07, 6.45) is 0.713. The molecule has 0 aliphatic heterocycles. The van der Waals surface area contributed by atoms with Crippen molar-refractivity contribution in [3.8, 4) is 0 Å². The number of hydrogen-bond acceptors (Lipinski definition) is 4. The van der Waals surface area contributed by atoms with Crippen LogP contribution in [0, 0.1) is 0 Å². The van der Waals surface area contributed by atoms with Gasteiger partial charge in [0.25, 0.3) is 5.91 Å². The lowest BCUT2D eigenvalue weighted by Crippen LogP contribution is -2.21. The predicted octanol–water partition coefficient (Wildman–Crippen LogP) is 3.14. The number of carbonyl (C=O) groups is 1. The maximum absolute atomic E-state index is 11.8. The van der Waals surface area contributed by atoms with E-state index in [4.69, 9.17) is 40.5 Å². The highest BCUT2D eigenvalue weighted by Gasteiger charge is 2.19. The minimum absolute atomic E-state index is 0.0136. The molecular weight excluding hydrogens is 298 g/mol. The molecule has 0 unspecified atom stereocenters. The van der Waals surface area contributed by atoms with Crippen molar-refractivity contribution in [2.24, 2.45) is 5.10 Å². The van der Waals surface area contributed by atoms with Crippen LogP contribution in [0.3, 0.4) is 0 Å². The lowest BCUT2D eigenvalue weighted by atomic mass is 10.3. The first-order valence-electron chi connectivity index (χ1n) is 5.01. The smallest absolute Gasteiger partial charge is 0.291 e. The van der Waals surface area contributed by atoms with Gasteiger partial charge in [0.1, 0.15) is 5.02 Å². The summed E-state index contributed by atoms with van der Waals surface area (Å²) in [6.45, 7) is 3.69. The summed E-state index contributed by atoms with van der Waals surface area (Å²) in [5.74, 6) is -0.599. The maximum Gasteiger partial charge on any atom is 0.291 e. The van der Waals surface area contributed by atoms with Crippen molar-refractivity contribution in [1.29, 1.82) is 0 Å². The van der Waals surface area contributed by atoms with E-state index in [1.54, 1.807) is 6.92 Å². The average Bonchev–Trinajstić information content (AvgIpc) is 2.37. The number of carbonyl (C=O) groups excluding carboxylic acids is 1. The molecule has 5 nitrogen and oxygen atoms in total. The Hall–Kier alpha value is -1.04. The van der Waals surface area contributed by atoms with E-state index in [2.05, 4.69) is 15.5 Å². The van der Waals surface area contributed by atoms with Gasteiger partial charge in [-0.2, -0.15) is 5.10 Å². The van der Waals surface area contributed by atoms with Gasteiger partial charge in [0.2, 0.25) is 0 Å². The second-order valence-electron chi connectivity index (χ2n) is 3.43. The Balaban J connectivity index is 3.08. The summed E-state index contributed by atoms with van der Waals surface area (Å²) < 4.78 is 0. The molecule has 1 amide bonds. The highest BCUT2D eigenvalue weighted by atomic mass is 35.5. The normalized spacial score (nSPS) is 11.5. The van der Waals surface area contributed by atoms with E-state index in [-0.39, 0.29) is 26.6 Å². The van der Waals surface area contributed by atoms with Gasteiger partial charge in [-0.15, -0.1) is 0 Å². The van der Waals surface area contributed by atoms with Gasteiger partial charge in [-0.1, -0.05) is 41.7 Å².